The van der Waals surface area contributed by atoms with Crippen LogP contribution < -0.4 is 5.56 Å². The minimum atomic E-state index is 0.112. The second-order valence-electron chi connectivity index (χ2n) is 5.38. The van der Waals surface area contributed by atoms with E-state index in [9.17, 15) is 4.79 Å². The van der Waals surface area contributed by atoms with Crippen LogP contribution in [0.3, 0.4) is 0 Å². The summed E-state index contributed by atoms with van der Waals surface area (Å²) in [4.78, 5) is 14.8. The molecule has 1 aromatic rings. The molecule has 17 heavy (non-hydrogen) atoms. The maximum absolute atomic E-state index is 11.8. The van der Waals surface area contributed by atoms with Gasteiger partial charge in [-0.05, 0) is 49.7 Å². The molecule has 0 atom stereocenters. The summed E-state index contributed by atoms with van der Waals surface area (Å²) in [6.45, 7) is 0. The van der Waals surface area contributed by atoms with E-state index in [1.807, 2.05) is 12.1 Å². The number of hydrogen-bond donors (Lipinski definition) is 1. The highest BCUT2D eigenvalue weighted by Crippen LogP contribution is 2.38. The molecular weight excluding hydrogens is 210 g/mol. The molecule has 0 spiro atoms. The van der Waals surface area contributed by atoms with Crippen molar-refractivity contribution < 1.29 is 0 Å². The Morgan fingerprint density at radius 2 is 1.88 bits per heavy atom. The van der Waals surface area contributed by atoms with Gasteiger partial charge in [-0.25, -0.2) is 0 Å². The number of nitrogens with one attached hydrogen (secondary N) is 1. The molecule has 1 N–H and O–H groups in total. The zero-order valence-electron chi connectivity index (χ0n) is 10.1. The lowest BCUT2D eigenvalue weighted by Crippen LogP contribution is -2.11. The minimum Gasteiger partial charge on any atom is -0.322 e. The van der Waals surface area contributed by atoms with Crippen LogP contribution in [0.5, 0.6) is 0 Å². The first-order chi connectivity index (χ1) is 8.33. The van der Waals surface area contributed by atoms with Crippen molar-refractivity contribution in [3.05, 3.63) is 39.8 Å². The molecule has 2 aliphatic carbocycles. The number of rotatable bonds is 3. The fourth-order valence-corrected chi connectivity index (χ4v) is 2.70. The van der Waals surface area contributed by atoms with Gasteiger partial charge < -0.3 is 4.98 Å². The van der Waals surface area contributed by atoms with Gasteiger partial charge in [0.05, 0.1) is 0 Å². The van der Waals surface area contributed by atoms with Crippen LogP contribution in [0, 0.1) is 5.92 Å². The Morgan fingerprint density at radius 3 is 2.53 bits per heavy atom. The largest absolute Gasteiger partial charge is 0.322 e. The fraction of sp³-hybridized carbons (Fsp3) is 0.533. The average Bonchev–Trinajstić information content (AvgIpc) is 3.03. The first-order valence-corrected chi connectivity index (χ1v) is 6.74. The van der Waals surface area contributed by atoms with Gasteiger partial charge in [0.1, 0.15) is 0 Å². The number of pyridine rings is 1. The van der Waals surface area contributed by atoms with E-state index in [0.29, 0.717) is 5.92 Å². The summed E-state index contributed by atoms with van der Waals surface area (Å²) in [5, 5.41) is 0. The van der Waals surface area contributed by atoms with Crippen LogP contribution in [0.2, 0.25) is 0 Å². The summed E-state index contributed by atoms with van der Waals surface area (Å²) in [6.07, 6.45) is 12.0. The lowest BCUT2D eigenvalue weighted by molar-refractivity contribution is 0.689. The van der Waals surface area contributed by atoms with Crippen LogP contribution in [0.4, 0.5) is 0 Å². The molecule has 2 saturated carbocycles. The van der Waals surface area contributed by atoms with Gasteiger partial charge in [0, 0.05) is 11.3 Å². The molecule has 1 heterocycles. The Labute approximate surface area is 102 Å². The summed E-state index contributed by atoms with van der Waals surface area (Å²) in [6, 6.07) is 4.05. The van der Waals surface area contributed by atoms with Gasteiger partial charge in [-0.3, -0.25) is 4.79 Å². The molecule has 1 aromatic heterocycles. The Balaban J connectivity index is 1.74. The van der Waals surface area contributed by atoms with Crippen LogP contribution in [-0.4, -0.2) is 4.98 Å². The normalized spacial score (nSPS) is 21.4. The molecule has 0 unspecified atom stereocenters. The van der Waals surface area contributed by atoms with Crippen LogP contribution in [0.1, 0.15) is 55.7 Å². The van der Waals surface area contributed by atoms with E-state index < -0.39 is 0 Å². The second-order valence-corrected chi connectivity index (χ2v) is 5.38. The average molecular weight is 229 g/mol. The summed E-state index contributed by atoms with van der Waals surface area (Å²) in [7, 11) is 0. The number of allylic oxidation sites excluding steroid dienone is 1. The molecule has 3 rings (SSSR count). The standard InChI is InChI=1S/C15H19NO/c17-15-14(12-6-7-12)10-9-13(16-15)8-5-11-3-1-2-4-11/h5,8-12H,1-4,6-7H2,(H,16,17)/b8-5+. The predicted molar refractivity (Wildman–Crippen MR) is 70.0 cm³/mol. The van der Waals surface area contributed by atoms with Crippen molar-refractivity contribution in [3.8, 4) is 0 Å². The van der Waals surface area contributed by atoms with Crippen LogP contribution >= 0.6 is 0 Å². The van der Waals surface area contributed by atoms with Gasteiger partial charge in [-0.15, -0.1) is 0 Å². The van der Waals surface area contributed by atoms with Crippen molar-refractivity contribution >= 4 is 6.08 Å². The van der Waals surface area contributed by atoms with E-state index in [2.05, 4.69) is 17.1 Å². The Morgan fingerprint density at radius 1 is 1.12 bits per heavy atom. The first kappa shape index (κ1) is 10.8. The molecule has 2 aliphatic rings. The van der Waals surface area contributed by atoms with Gasteiger partial charge in [0.15, 0.2) is 0 Å². The maximum atomic E-state index is 11.8. The molecule has 0 bridgehead atoms. The predicted octanol–water partition coefficient (Wildman–Crippen LogP) is 3.46. The molecule has 0 aliphatic heterocycles. The summed E-state index contributed by atoms with van der Waals surface area (Å²) < 4.78 is 0. The highest BCUT2D eigenvalue weighted by Gasteiger charge is 2.25. The molecular formula is C15H19NO. The van der Waals surface area contributed by atoms with Gasteiger partial charge >= 0.3 is 0 Å². The second kappa shape index (κ2) is 4.52. The number of aromatic amines is 1. The topological polar surface area (TPSA) is 32.9 Å². The van der Waals surface area contributed by atoms with Gasteiger partial charge in [-0.2, -0.15) is 0 Å². The maximum Gasteiger partial charge on any atom is 0.251 e. The molecule has 0 amide bonds. The molecule has 2 fully saturated rings. The SMILES string of the molecule is O=c1[nH]c(/C=C/C2CCCC2)ccc1C1CC1. The zero-order valence-corrected chi connectivity index (χ0v) is 10.1. The third kappa shape index (κ3) is 2.51. The summed E-state index contributed by atoms with van der Waals surface area (Å²) >= 11 is 0. The number of H-pyrrole nitrogens is 1. The van der Waals surface area contributed by atoms with Crippen molar-refractivity contribution in [2.45, 2.75) is 44.4 Å². The lowest BCUT2D eigenvalue weighted by Gasteiger charge is -2.01. The fourth-order valence-electron chi connectivity index (χ4n) is 2.70. The summed E-state index contributed by atoms with van der Waals surface area (Å²) in [5.41, 5.74) is 2.04. The quantitative estimate of drug-likeness (QED) is 0.846. The lowest BCUT2D eigenvalue weighted by atomic mass is 10.1. The zero-order chi connectivity index (χ0) is 11.7. The van der Waals surface area contributed by atoms with Gasteiger partial charge in [0.25, 0.3) is 5.56 Å². The first-order valence-electron chi connectivity index (χ1n) is 6.74. The van der Waals surface area contributed by atoms with E-state index in [4.69, 9.17) is 0 Å². The van der Waals surface area contributed by atoms with Crippen molar-refractivity contribution in [1.82, 2.24) is 4.98 Å². The molecule has 2 heteroatoms. The molecule has 90 valence electrons. The highest BCUT2D eigenvalue weighted by molar-refractivity contribution is 5.45. The van der Waals surface area contributed by atoms with Gasteiger partial charge in [0.2, 0.25) is 0 Å². The van der Waals surface area contributed by atoms with Crippen LogP contribution in [0.25, 0.3) is 6.08 Å². The number of aromatic nitrogens is 1. The third-order valence-corrected chi connectivity index (χ3v) is 3.93. The van der Waals surface area contributed by atoms with Crippen molar-refractivity contribution in [2.24, 2.45) is 5.92 Å². The number of hydrogen-bond acceptors (Lipinski definition) is 1. The molecule has 0 saturated heterocycles. The van der Waals surface area contributed by atoms with E-state index in [0.717, 1.165) is 17.2 Å². The molecule has 0 radical (unpaired) electrons. The molecule has 2 nitrogen and oxygen atoms in total. The van der Waals surface area contributed by atoms with E-state index in [1.54, 1.807) is 0 Å². The monoisotopic (exact) mass is 229 g/mol. The van der Waals surface area contributed by atoms with Crippen molar-refractivity contribution in [3.63, 3.8) is 0 Å². The highest BCUT2D eigenvalue weighted by atomic mass is 16.1. The van der Waals surface area contributed by atoms with Crippen LogP contribution in [-0.2, 0) is 0 Å². The van der Waals surface area contributed by atoms with Crippen molar-refractivity contribution in [2.75, 3.05) is 0 Å². The van der Waals surface area contributed by atoms with E-state index >= 15 is 0 Å². The van der Waals surface area contributed by atoms with Crippen molar-refractivity contribution in [1.29, 1.82) is 0 Å². The van der Waals surface area contributed by atoms with Gasteiger partial charge in [-0.1, -0.05) is 25.0 Å². The van der Waals surface area contributed by atoms with Crippen LogP contribution in [0.15, 0.2) is 23.0 Å². The van der Waals surface area contributed by atoms with E-state index in [1.165, 1.54) is 38.5 Å². The Hall–Kier alpha value is -1.31. The summed E-state index contributed by atoms with van der Waals surface area (Å²) in [5.74, 6) is 1.26. The molecule has 0 aromatic carbocycles. The third-order valence-electron chi connectivity index (χ3n) is 3.93. The Kier molecular flexibility index (Phi) is 2.87. The smallest absolute Gasteiger partial charge is 0.251 e. The Bertz CT molecular complexity index is 476. The minimum absolute atomic E-state index is 0.112. The van der Waals surface area contributed by atoms with E-state index in [-0.39, 0.29) is 5.56 Å².